The molecule has 1 unspecified atom stereocenters. The second-order valence-electron chi connectivity index (χ2n) is 6.03. The Balaban J connectivity index is 2.10. The van der Waals surface area contributed by atoms with Crippen LogP contribution in [0.2, 0.25) is 0 Å². The Hall–Kier alpha value is -1.62. The Bertz CT molecular complexity index is 529. The zero-order valence-electron chi connectivity index (χ0n) is 12.8. The minimum Gasteiger partial charge on any atom is -0.398 e. The van der Waals surface area contributed by atoms with Gasteiger partial charge in [0.15, 0.2) is 0 Å². The summed E-state index contributed by atoms with van der Waals surface area (Å²) >= 11 is 0. The third kappa shape index (κ3) is 2.63. The van der Waals surface area contributed by atoms with E-state index in [1.165, 1.54) is 0 Å². The summed E-state index contributed by atoms with van der Waals surface area (Å²) in [4.78, 5) is 18.7. The van der Waals surface area contributed by atoms with Crippen LogP contribution in [0.5, 0.6) is 0 Å². The third-order valence-corrected chi connectivity index (χ3v) is 4.38. The van der Waals surface area contributed by atoms with Gasteiger partial charge >= 0.3 is 0 Å². The zero-order valence-corrected chi connectivity index (χ0v) is 12.8. The van der Waals surface area contributed by atoms with E-state index in [9.17, 15) is 4.79 Å². The first kappa shape index (κ1) is 14.8. The molecule has 0 aromatic carbocycles. The molecule has 1 aromatic rings. The Morgan fingerprint density at radius 2 is 2.25 bits per heavy atom. The lowest BCUT2D eigenvalue weighted by Crippen LogP contribution is -2.39. The van der Waals surface area contributed by atoms with E-state index in [0.29, 0.717) is 0 Å². The first-order valence-corrected chi connectivity index (χ1v) is 7.02. The smallest absolute Gasteiger partial charge is 0.227 e. The van der Waals surface area contributed by atoms with E-state index in [1.807, 2.05) is 27.0 Å². The highest BCUT2D eigenvalue weighted by molar-refractivity contribution is 5.82. The second-order valence-corrected chi connectivity index (χ2v) is 6.03. The molecule has 1 saturated heterocycles. The van der Waals surface area contributed by atoms with E-state index >= 15 is 0 Å². The summed E-state index contributed by atoms with van der Waals surface area (Å²) in [6.45, 7) is 8.44. The van der Waals surface area contributed by atoms with Crippen molar-refractivity contribution in [2.75, 3.05) is 25.9 Å². The van der Waals surface area contributed by atoms with Gasteiger partial charge in [-0.2, -0.15) is 0 Å². The predicted octanol–water partition coefficient (Wildman–Crippen LogP) is 1.24. The van der Waals surface area contributed by atoms with Gasteiger partial charge in [-0.25, -0.2) is 0 Å². The van der Waals surface area contributed by atoms with Crippen LogP contribution in [0.3, 0.4) is 0 Å². The van der Waals surface area contributed by atoms with Crippen LogP contribution < -0.4 is 11.1 Å². The predicted molar refractivity (Wildman–Crippen MR) is 80.2 cm³/mol. The zero-order chi connectivity index (χ0) is 14.9. The Morgan fingerprint density at radius 1 is 1.55 bits per heavy atom. The molecule has 0 bridgehead atoms. The van der Waals surface area contributed by atoms with Gasteiger partial charge in [-0.1, -0.05) is 0 Å². The quantitative estimate of drug-likeness (QED) is 0.871. The van der Waals surface area contributed by atoms with Gasteiger partial charge in [0.25, 0.3) is 0 Å². The summed E-state index contributed by atoms with van der Waals surface area (Å²) in [5.41, 5.74) is 9.67. The van der Waals surface area contributed by atoms with Crippen molar-refractivity contribution in [2.45, 2.75) is 33.7 Å². The fourth-order valence-corrected chi connectivity index (χ4v) is 2.84. The number of aryl methyl sites for hydroxylation is 1. The molecule has 0 aliphatic carbocycles. The standard InChI is InChI=1S/C15H24N4O/c1-10-7-18-12(11(2)13(10)16)8-19-6-5-15(3,9-19)14(20)17-4/h7H,5-6,8-9H2,1-4H3,(H2,16,18)(H,17,20). The molecule has 1 fully saturated rings. The number of nitrogens with two attached hydrogens (primary N) is 1. The summed E-state index contributed by atoms with van der Waals surface area (Å²) in [5, 5.41) is 2.76. The molecular weight excluding hydrogens is 252 g/mol. The van der Waals surface area contributed by atoms with Crippen molar-refractivity contribution in [1.29, 1.82) is 0 Å². The maximum Gasteiger partial charge on any atom is 0.227 e. The summed E-state index contributed by atoms with van der Waals surface area (Å²) < 4.78 is 0. The topological polar surface area (TPSA) is 71.2 Å². The first-order chi connectivity index (χ1) is 9.37. The molecule has 1 amide bonds. The molecule has 0 radical (unpaired) electrons. The highest BCUT2D eigenvalue weighted by atomic mass is 16.2. The number of carbonyl (C=O) groups is 1. The van der Waals surface area contributed by atoms with Crippen LogP contribution in [0.25, 0.3) is 0 Å². The molecule has 2 rings (SSSR count). The molecule has 0 saturated carbocycles. The van der Waals surface area contributed by atoms with E-state index in [0.717, 1.165) is 48.6 Å². The van der Waals surface area contributed by atoms with E-state index in [4.69, 9.17) is 5.73 Å². The second kappa shape index (κ2) is 5.40. The van der Waals surface area contributed by atoms with Crippen molar-refractivity contribution in [3.8, 4) is 0 Å². The highest BCUT2D eigenvalue weighted by Crippen LogP contribution is 2.31. The molecule has 1 aromatic heterocycles. The number of rotatable bonds is 3. The van der Waals surface area contributed by atoms with Gasteiger partial charge in [0.2, 0.25) is 5.91 Å². The number of nitrogens with one attached hydrogen (secondary N) is 1. The number of hydrogen-bond acceptors (Lipinski definition) is 4. The monoisotopic (exact) mass is 276 g/mol. The summed E-state index contributed by atoms with van der Waals surface area (Å²) in [6, 6.07) is 0. The fraction of sp³-hybridized carbons (Fsp3) is 0.600. The average molecular weight is 276 g/mol. The average Bonchev–Trinajstić information content (AvgIpc) is 2.81. The van der Waals surface area contributed by atoms with Gasteiger partial charge in [0.1, 0.15) is 0 Å². The summed E-state index contributed by atoms with van der Waals surface area (Å²) in [7, 11) is 1.70. The Labute approximate surface area is 120 Å². The molecule has 1 aliphatic rings. The van der Waals surface area contributed by atoms with E-state index < -0.39 is 0 Å². The molecule has 110 valence electrons. The molecular formula is C15H24N4O. The van der Waals surface area contributed by atoms with Crippen molar-refractivity contribution in [2.24, 2.45) is 5.41 Å². The van der Waals surface area contributed by atoms with Crippen molar-refractivity contribution in [1.82, 2.24) is 15.2 Å². The molecule has 1 aliphatic heterocycles. The van der Waals surface area contributed by atoms with Crippen molar-refractivity contribution in [3.63, 3.8) is 0 Å². The van der Waals surface area contributed by atoms with Crippen LogP contribution >= 0.6 is 0 Å². The number of nitrogen functional groups attached to an aromatic ring is 1. The van der Waals surface area contributed by atoms with Crippen LogP contribution in [-0.2, 0) is 11.3 Å². The van der Waals surface area contributed by atoms with Gasteiger partial charge in [-0.3, -0.25) is 14.7 Å². The number of nitrogens with zero attached hydrogens (tertiary/aromatic N) is 2. The number of anilines is 1. The Morgan fingerprint density at radius 3 is 2.90 bits per heavy atom. The van der Waals surface area contributed by atoms with Crippen molar-refractivity contribution >= 4 is 11.6 Å². The molecule has 2 heterocycles. The molecule has 20 heavy (non-hydrogen) atoms. The van der Waals surface area contributed by atoms with Crippen molar-refractivity contribution < 1.29 is 4.79 Å². The fourth-order valence-electron chi connectivity index (χ4n) is 2.84. The molecule has 5 heteroatoms. The van der Waals surface area contributed by atoms with E-state index in [-0.39, 0.29) is 11.3 Å². The van der Waals surface area contributed by atoms with Crippen LogP contribution in [0, 0.1) is 19.3 Å². The van der Waals surface area contributed by atoms with E-state index in [2.05, 4.69) is 15.2 Å². The minimum absolute atomic E-state index is 0.119. The first-order valence-electron chi connectivity index (χ1n) is 7.02. The van der Waals surface area contributed by atoms with Gasteiger partial charge in [-0.05, 0) is 44.9 Å². The number of likely N-dealkylation sites (tertiary alicyclic amines) is 1. The largest absolute Gasteiger partial charge is 0.398 e. The molecule has 0 spiro atoms. The number of hydrogen-bond donors (Lipinski definition) is 2. The maximum atomic E-state index is 11.9. The normalized spacial score (nSPS) is 23.0. The summed E-state index contributed by atoms with van der Waals surface area (Å²) in [6.07, 6.45) is 2.71. The van der Waals surface area contributed by atoms with Crippen LogP contribution in [0.1, 0.15) is 30.2 Å². The number of pyridine rings is 1. The van der Waals surface area contributed by atoms with Crippen LogP contribution in [-0.4, -0.2) is 35.9 Å². The SMILES string of the molecule is CNC(=O)C1(C)CCN(Cc2ncc(C)c(N)c2C)C1. The number of carbonyl (C=O) groups excluding carboxylic acids is 1. The number of aromatic nitrogens is 1. The van der Waals surface area contributed by atoms with Crippen molar-refractivity contribution in [3.05, 3.63) is 23.0 Å². The van der Waals surface area contributed by atoms with E-state index in [1.54, 1.807) is 7.05 Å². The van der Waals surface area contributed by atoms with Crippen LogP contribution in [0.4, 0.5) is 5.69 Å². The molecule has 3 N–H and O–H groups in total. The number of amides is 1. The van der Waals surface area contributed by atoms with Gasteiger partial charge in [-0.15, -0.1) is 0 Å². The van der Waals surface area contributed by atoms with Gasteiger partial charge in [0.05, 0.1) is 11.1 Å². The summed E-state index contributed by atoms with van der Waals surface area (Å²) in [5.74, 6) is 0.119. The lowest BCUT2D eigenvalue weighted by atomic mass is 9.89. The van der Waals surface area contributed by atoms with Gasteiger partial charge < -0.3 is 11.1 Å². The highest BCUT2D eigenvalue weighted by Gasteiger charge is 2.39. The lowest BCUT2D eigenvalue weighted by Gasteiger charge is -2.23. The minimum atomic E-state index is -0.293. The molecule has 1 atom stereocenters. The third-order valence-electron chi connectivity index (χ3n) is 4.38. The lowest BCUT2D eigenvalue weighted by molar-refractivity contribution is -0.129. The van der Waals surface area contributed by atoms with Crippen LogP contribution in [0.15, 0.2) is 6.20 Å². The van der Waals surface area contributed by atoms with Gasteiger partial charge in [0, 0.05) is 32.0 Å². The maximum absolute atomic E-state index is 11.9. The molecule has 5 nitrogen and oxygen atoms in total. The Kier molecular flexibility index (Phi) is 3.99.